The van der Waals surface area contributed by atoms with Crippen molar-refractivity contribution in [3.8, 4) is 5.75 Å². The van der Waals surface area contributed by atoms with Crippen molar-refractivity contribution in [3.05, 3.63) is 54.1 Å². The van der Waals surface area contributed by atoms with Gasteiger partial charge < -0.3 is 10.1 Å². The highest BCUT2D eigenvalue weighted by Gasteiger charge is 2.27. The molecule has 1 aliphatic rings. The molecule has 2 aromatic rings. The van der Waals surface area contributed by atoms with Crippen molar-refractivity contribution in [1.82, 2.24) is 9.21 Å². The number of anilines is 1. The summed E-state index contributed by atoms with van der Waals surface area (Å²) in [5.41, 5.74) is 1.57. The van der Waals surface area contributed by atoms with Crippen LogP contribution in [-0.2, 0) is 21.4 Å². The van der Waals surface area contributed by atoms with Crippen molar-refractivity contribution in [1.29, 1.82) is 0 Å². The Labute approximate surface area is 178 Å². The van der Waals surface area contributed by atoms with Crippen LogP contribution in [0.15, 0.2) is 53.4 Å². The largest absolute Gasteiger partial charge is 0.497 e. The molecule has 0 aromatic heterocycles. The Morgan fingerprint density at radius 3 is 2.47 bits per heavy atom. The molecule has 162 valence electrons. The average molecular weight is 432 g/mol. The number of nitrogens with one attached hydrogen (secondary N) is 1. The van der Waals surface area contributed by atoms with Crippen LogP contribution in [0.4, 0.5) is 5.69 Å². The summed E-state index contributed by atoms with van der Waals surface area (Å²) in [7, 11) is -1.88. The average Bonchev–Trinajstić information content (AvgIpc) is 3.30. The van der Waals surface area contributed by atoms with Crippen LogP contribution < -0.4 is 10.1 Å². The number of hydrogen-bond donors (Lipinski definition) is 1. The van der Waals surface area contributed by atoms with Gasteiger partial charge in [-0.05, 0) is 55.3 Å². The van der Waals surface area contributed by atoms with Crippen LogP contribution in [-0.4, -0.2) is 56.8 Å². The fraction of sp³-hybridized carbons (Fsp3) is 0.409. The predicted octanol–water partition coefficient (Wildman–Crippen LogP) is 2.94. The molecule has 0 saturated carbocycles. The van der Waals surface area contributed by atoms with Crippen LogP contribution in [0.25, 0.3) is 0 Å². The fourth-order valence-electron chi connectivity index (χ4n) is 3.48. The Morgan fingerprint density at radius 2 is 1.83 bits per heavy atom. The lowest BCUT2D eigenvalue weighted by molar-refractivity contribution is -0.117. The van der Waals surface area contributed by atoms with E-state index < -0.39 is 10.0 Å². The molecule has 0 atom stereocenters. The SMILES string of the molecule is CCN(CC(=O)Nc1cccc(S(=O)(=O)N2CCCC2)c1)Cc1ccc(OC)cc1. The molecule has 0 bridgehead atoms. The van der Waals surface area contributed by atoms with Gasteiger partial charge in [0.2, 0.25) is 15.9 Å². The highest BCUT2D eigenvalue weighted by molar-refractivity contribution is 7.89. The number of sulfonamides is 1. The van der Waals surface area contributed by atoms with Gasteiger partial charge in [-0.15, -0.1) is 0 Å². The summed E-state index contributed by atoms with van der Waals surface area (Å²) in [5, 5.41) is 2.83. The lowest BCUT2D eigenvalue weighted by Gasteiger charge is -2.20. The fourth-order valence-corrected chi connectivity index (χ4v) is 5.05. The molecule has 0 spiro atoms. The van der Waals surface area contributed by atoms with Gasteiger partial charge >= 0.3 is 0 Å². The molecule has 7 nitrogen and oxygen atoms in total. The van der Waals surface area contributed by atoms with Gasteiger partial charge in [0.25, 0.3) is 0 Å². The zero-order valence-electron chi connectivity index (χ0n) is 17.5. The van der Waals surface area contributed by atoms with Gasteiger partial charge in [-0.1, -0.05) is 25.1 Å². The van der Waals surface area contributed by atoms with Crippen LogP contribution in [0.1, 0.15) is 25.3 Å². The quantitative estimate of drug-likeness (QED) is 0.660. The van der Waals surface area contributed by atoms with Crippen LogP contribution >= 0.6 is 0 Å². The van der Waals surface area contributed by atoms with Gasteiger partial charge in [-0.25, -0.2) is 8.42 Å². The molecule has 2 aromatic carbocycles. The Kier molecular flexibility index (Phi) is 7.47. The summed E-state index contributed by atoms with van der Waals surface area (Å²) < 4.78 is 32.2. The molecule has 8 heteroatoms. The minimum Gasteiger partial charge on any atom is -0.497 e. The van der Waals surface area contributed by atoms with E-state index in [4.69, 9.17) is 4.74 Å². The molecule has 1 aliphatic heterocycles. The second-order valence-corrected chi connectivity index (χ2v) is 9.28. The van der Waals surface area contributed by atoms with Crippen LogP contribution in [0.3, 0.4) is 0 Å². The lowest BCUT2D eigenvalue weighted by atomic mass is 10.2. The second-order valence-electron chi connectivity index (χ2n) is 7.34. The summed E-state index contributed by atoms with van der Waals surface area (Å²) in [6.07, 6.45) is 1.77. The van der Waals surface area contributed by atoms with Gasteiger partial charge in [-0.2, -0.15) is 4.31 Å². The van der Waals surface area contributed by atoms with Crippen LogP contribution in [0, 0.1) is 0 Å². The van der Waals surface area contributed by atoms with E-state index in [0.29, 0.717) is 31.9 Å². The normalized spacial score (nSPS) is 14.8. The maximum absolute atomic E-state index is 12.7. The van der Waals surface area contributed by atoms with Gasteiger partial charge in [-0.3, -0.25) is 9.69 Å². The first-order chi connectivity index (χ1) is 14.4. The summed E-state index contributed by atoms with van der Waals surface area (Å²) in [4.78, 5) is 14.8. The van der Waals surface area contributed by atoms with Crippen LogP contribution in [0.5, 0.6) is 5.75 Å². The lowest BCUT2D eigenvalue weighted by Crippen LogP contribution is -2.33. The topological polar surface area (TPSA) is 79.0 Å². The first kappa shape index (κ1) is 22.3. The molecule has 3 rings (SSSR count). The summed E-state index contributed by atoms with van der Waals surface area (Å²) in [6, 6.07) is 14.2. The smallest absolute Gasteiger partial charge is 0.243 e. The maximum Gasteiger partial charge on any atom is 0.243 e. The van der Waals surface area contributed by atoms with Crippen molar-refractivity contribution in [2.45, 2.75) is 31.2 Å². The molecule has 30 heavy (non-hydrogen) atoms. The zero-order chi connectivity index (χ0) is 21.6. The Bertz CT molecular complexity index is 955. The number of amides is 1. The van der Waals surface area contributed by atoms with Crippen molar-refractivity contribution < 1.29 is 17.9 Å². The van der Waals surface area contributed by atoms with Gasteiger partial charge in [0.15, 0.2) is 0 Å². The predicted molar refractivity (Wildman–Crippen MR) is 117 cm³/mol. The number of benzene rings is 2. The maximum atomic E-state index is 12.7. The number of methoxy groups -OCH3 is 1. The van der Waals surface area contributed by atoms with E-state index in [1.807, 2.05) is 36.1 Å². The Hall–Kier alpha value is -2.42. The molecule has 1 heterocycles. The molecule has 0 aliphatic carbocycles. The summed E-state index contributed by atoms with van der Waals surface area (Å²) in [6.45, 7) is 4.66. The first-order valence-corrected chi connectivity index (χ1v) is 11.6. The standard InChI is InChI=1S/C22H29N3O4S/c1-3-24(16-18-9-11-20(29-2)12-10-18)17-22(26)23-19-7-6-8-21(15-19)30(27,28)25-13-4-5-14-25/h6-12,15H,3-5,13-14,16-17H2,1-2H3,(H,23,26). The first-order valence-electron chi connectivity index (χ1n) is 10.2. The van der Waals surface area contributed by atoms with Crippen molar-refractivity contribution >= 4 is 21.6 Å². The molecule has 1 amide bonds. The van der Waals surface area contributed by atoms with Gasteiger partial charge in [0.1, 0.15) is 5.75 Å². The van der Waals surface area contributed by atoms with Crippen molar-refractivity contribution in [3.63, 3.8) is 0 Å². The number of likely N-dealkylation sites (N-methyl/N-ethyl adjacent to an activating group) is 1. The van der Waals surface area contributed by atoms with E-state index in [1.54, 1.807) is 25.3 Å². The molecule has 1 N–H and O–H groups in total. The number of carbonyl (C=O) groups is 1. The monoisotopic (exact) mass is 431 g/mol. The second kappa shape index (κ2) is 10.1. The minimum absolute atomic E-state index is 0.180. The molecular formula is C22H29N3O4S. The number of hydrogen-bond acceptors (Lipinski definition) is 5. The molecule has 1 fully saturated rings. The minimum atomic E-state index is -3.51. The highest BCUT2D eigenvalue weighted by Crippen LogP contribution is 2.23. The molecule has 1 saturated heterocycles. The molecule has 0 unspecified atom stereocenters. The number of ether oxygens (including phenoxy) is 1. The zero-order valence-corrected chi connectivity index (χ0v) is 18.3. The van der Waals surface area contributed by atoms with E-state index in [0.717, 1.165) is 24.2 Å². The summed E-state index contributed by atoms with van der Waals surface area (Å²) in [5.74, 6) is 0.615. The number of rotatable bonds is 9. The van der Waals surface area contributed by atoms with E-state index in [-0.39, 0.29) is 17.3 Å². The van der Waals surface area contributed by atoms with E-state index in [2.05, 4.69) is 5.32 Å². The van der Waals surface area contributed by atoms with E-state index >= 15 is 0 Å². The molecular weight excluding hydrogens is 402 g/mol. The third-order valence-corrected chi connectivity index (χ3v) is 7.09. The van der Waals surface area contributed by atoms with E-state index in [1.165, 1.54) is 10.4 Å². The van der Waals surface area contributed by atoms with Crippen molar-refractivity contribution in [2.24, 2.45) is 0 Å². The van der Waals surface area contributed by atoms with Gasteiger partial charge in [0, 0.05) is 25.3 Å². The summed E-state index contributed by atoms with van der Waals surface area (Å²) >= 11 is 0. The third-order valence-electron chi connectivity index (χ3n) is 5.20. The Morgan fingerprint density at radius 1 is 1.13 bits per heavy atom. The number of carbonyl (C=O) groups excluding carboxylic acids is 1. The Balaban J connectivity index is 1.62. The number of nitrogens with zero attached hydrogens (tertiary/aromatic N) is 2. The molecule has 0 radical (unpaired) electrons. The third kappa shape index (κ3) is 5.59. The van der Waals surface area contributed by atoms with E-state index in [9.17, 15) is 13.2 Å². The van der Waals surface area contributed by atoms with Gasteiger partial charge in [0.05, 0.1) is 18.6 Å². The van der Waals surface area contributed by atoms with Crippen molar-refractivity contribution in [2.75, 3.05) is 38.6 Å². The highest BCUT2D eigenvalue weighted by atomic mass is 32.2. The van der Waals surface area contributed by atoms with Crippen LogP contribution in [0.2, 0.25) is 0 Å².